The van der Waals surface area contributed by atoms with E-state index in [1.807, 2.05) is 18.2 Å². The predicted molar refractivity (Wildman–Crippen MR) is 182 cm³/mol. The number of H-pyrrole nitrogens is 1. The van der Waals surface area contributed by atoms with Crippen LogP contribution in [0.5, 0.6) is 17.2 Å². The van der Waals surface area contributed by atoms with E-state index in [0.29, 0.717) is 16.8 Å². The molecule has 6 N–H and O–H groups in total. The van der Waals surface area contributed by atoms with Gasteiger partial charge in [0.25, 0.3) is 16.9 Å². The number of sulfonamides is 1. The molecule has 54 heavy (non-hydrogen) atoms. The number of rotatable bonds is 8. The molecule has 0 saturated carbocycles. The Hall–Kier alpha value is -5.81. The summed E-state index contributed by atoms with van der Waals surface area (Å²) >= 11 is 0. The zero-order valence-electron chi connectivity index (χ0n) is 28.0. The minimum absolute atomic E-state index is 0. The summed E-state index contributed by atoms with van der Waals surface area (Å²) in [5.74, 6) is -0.991. The number of aryl methyl sites for hydroxylation is 1. The molecule has 0 aliphatic heterocycles. The number of hydrogen-bond donors (Lipinski definition) is 4. The number of aromatic hydroxyl groups is 2. The van der Waals surface area contributed by atoms with E-state index in [2.05, 4.69) is 30.7 Å². The van der Waals surface area contributed by atoms with Gasteiger partial charge in [0.1, 0.15) is 27.8 Å². The number of fused-ring (bicyclic) bond motifs is 1. The molecule has 0 saturated heterocycles. The number of azo groups is 2. The molecular formula is C32H25CoN9NaO10S+. The van der Waals surface area contributed by atoms with Crippen molar-refractivity contribution in [3.63, 3.8) is 0 Å². The van der Waals surface area contributed by atoms with Crippen LogP contribution in [0.3, 0.4) is 0 Å². The molecule has 1 heterocycles. The van der Waals surface area contributed by atoms with Crippen LogP contribution in [0.1, 0.15) is 5.69 Å². The minimum Gasteiger partial charge on any atom is -0.871 e. The van der Waals surface area contributed by atoms with Gasteiger partial charge in [0.15, 0.2) is 5.69 Å². The number of nitrogens with one attached hydrogen (secondary N) is 1. The number of quaternary nitrogens is 1. The van der Waals surface area contributed by atoms with Crippen molar-refractivity contribution in [3.05, 3.63) is 133 Å². The Morgan fingerprint density at radius 2 is 1.35 bits per heavy atom. The first kappa shape index (κ1) is 42.6. The Morgan fingerprint density at radius 3 is 1.98 bits per heavy atom. The number of hydrogen-bond acceptors (Lipinski definition) is 14. The van der Waals surface area contributed by atoms with Gasteiger partial charge in [-0.2, -0.15) is 13.5 Å². The maximum absolute atomic E-state index is 12.6. The third-order valence-corrected chi connectivity index (χ3v) is 8.20. The minimum atomic E-state index is -3.63. The summed E-state index contributed by atoms with van der Waals surface area (Å²) in [5.41, 5.74) is -0.562. The van der Waals surface area contributed by atoms with Crippen LogP contribution in [0.25, 0.3) is 16.5 Å². The summed E-state index contributed by atoms with van der Waals surface area (Å²) in [4.78, 5) is 32.8. The van der Waals surface area contributed by atoms with Crippen LogP contribution in [0.15, 0.2) is 127 Å². The van der Waals surface area contributed by atoms with Crippen LogP contribution in [-0.2, 0) is 26.8 Å². The van der Waals surface area contributed by atoms with E-state index in [0.717, 1.165) is 34.3 Å². The van der Waals surface area contributed by atoms with Crippen molar-refractivity contribution in [2.45, 2.75) is 11.8 Å². The third kappa shape index (κ3) is 9.78. The van der Waals surface area contributed by atoms with E-state index in [-0.39, 0.29) is 96.9 Å². The van der Waals surface area contributed by atoms with Gasteiger partial charge in [-0.3, -0.25) is 30.1 Å². The Balaban J connectivity index is 0.000000287. The number of phenols is 2. The monoisotopic (exact) mass is 809 g/mol. The number of nitro benzene ring substituents is 2. The fraction of sp³-hybridized carbons (Fsp3) is 0.0312. The third-order valence-electron chi connectivity index (χ3n) is 7.21. The maximum atomic E-state index is 12.6. The average molecular weight is 810 g/mol. The van der Waals surface area contributed by atoms with E-state index in [1.54, 1.807) is 19.1 Å². The summed E-state index contributed by atoms with van der Waals surface area (Å²) in [6.45, 7) is 1.55. The van der Waals surface area contributed by atoms with Gasteiger partial charge in [-0.1, -0.05) is 42.1 Å². The van der Waals surface area contributed by atoms with Crippen LogP contribution in [-0.4, -0.2) is 38.3 Å². The number of non-ortho nitro benzene ring substituents is 2. The second kappa shape index (κ2) is 17.8. The predicted octanol–water partition coefficient (Wildman–Crippen LogP) is 2.38. The van der Waals surface area contributed by atoms with Crippen LogP contribution in [0, 0.1) is 27.2 Å². The standard InChI is InChI=1S/C16H14N6O6S.C16H11N3O4.Co.Na/c1-9-15(19-18-13-8-11(22(25)26)4-7-14(13)23)16(24)21(20-9)10-2-5-12(6-3-10)29(17,27)28;20-14-8-5-10-3-1-2-4-12(10)16(14)18-17-13-7-6-11(19(22)23)9-15(13)21;;/h2-8,20,23H,1H3,(H2,17,27,28);1-9,20-21H;;/q;;;+1. The van der Waals surface area contributed by atoms with E-state index in [9.17, 15) is 48.8 Å². The molecule has 19 nitrogen and oxygen atoms in total. The first-order valence-electron chi connectivity index (χ1n) is 14.6. The summed E-state index contributed by atoms with van der Waals surface area (Å²) < 4.78 is 24.0. The summed E-state index contributed by atoms with van der Waals surface area (Å²) in [5, 5.41) is 75.7. The Morgan fingerprint density at radius 1 is 0.759 bits per heavy atom. The maximum Gasteiger partial charge on any atom is 1.00 e. The van der Waals surface area contributed by atoms with Crippen molar-refractivity contribution >= 4 is 54.9 Å². The van der Waals surface area contributed by atoms with Gasteiger partial charge in [-0.25, -0.2) is 9.82 Å². The second-order valence-corrected chi connectivity index (χ2v) is 12.4. The fourth-order valence-electron chi connectivity index (χ4n) is 4.60. The summed E-state index contributed by atoms with van der Waals surface area (Å²) in [7, 11) is -3.63. The van der Waals surface area contributed by atoms with Crippen LogP contribution < -0.4 is 45.4 Å². The molecule has 5 aromatic carbocycles. The SMILES string of the molecule is Cc1[nH]n(-c2ccc(S([NH3+])(=O)=O)cc2)c(=O)c1N=Nc1cc([N+](=O)[O-])ccc1[O-].O=[N+]([O-])c1ccc(N=Nc2c(O)ccc3ccccc23)c(O)c1.[Co].[Na+]. The molecule has 273 valence electrons. The van der Waals surface area contributed by atoms with Crippen molar-refractivity contribution in [1.29, 1.82) is 0 Å². The first-order chi connectivity index (χ1) is 24.6. The van der Waals surface area contributed by atoms with Gasteiger partial charge in [-0.15, -0.1) is 15.3 Å². The quantitative estimate of drug-likeness (QED) is 0.0753. The zero-order valence-corrected chi connectivity index (χ0v) is 31.8. The molecular weight excluding hydrogens is 784 g/mol. The van der Waals surface area contributed by atoms with Crippen molar-refractivity contribution in [2.24, 2.45) is 20.5 Å². The largest absolute Gasteiger partial charge is 1.00 e. The number of phenolic OH excluding ortho intramolecular Hbond substituents is 2. The van der Waals surface area contributed by atoms with Crippen molar-refractivity contribution in [3.8, 4) is 22.9 Å². The van der Waals surface area contributed by atoms with Crippen LogP contribution in [0.2, 0.25) is 0 Å². The normalized spacial score (nSPS) is 11.1. The van der Waals surface area contributed by atoms with Crippen molar-refractivity contribution in [1.82, 2.24) is 9.78 Å². The van der Waals surface area contributed by atoms with Gasteiger partial charge in [0.05, 0.1) is 33.0 Å². The molecule has 0 aliphatic rings. The van der Waals surface area contributed by atoms with E-state index >= 15 is 0 Å². The number of aromatic amines is 1. The summed E-state index contributed by atoms with van der Waals surface area (Å²) in [6.07, 6.45) is 0. The van der Waals surface area contributed by atoms with Crippen LogP contribution in [0.4, 0.5) is 34.1 Å². The molecule has 0 spiro atoms. The zero-order chi connectivity index (χ0) is 37.7. The molecule has 1 radical (unpaired) electrons. The van der Waals surface area contributed by atoms with E-state index in [4.69, 9.17) is 0 Å². The van der Waals surface area contributed by atoms with Gasteiger partial charge in [0, 0.05) is 40.4 Å². The molecule has 0 amide bonds. The fourth-order valence-corrected chi connectivity index (χ4v) is 5.15. The average Bonchev–Trinajstić information content (AvgIpc) is 3.39. The van der Waals surface area contributed by atoms with Gasteiger partial charge < -0.3 is 15.3 Å². The molecule has 6 rings (SSSR count). The number of nitrogens with zero attached hydrogens (tertiary/aromatic N) is 7. The molecule has 0 atom stereocenters. The molecule has 0 aliphatic carbocycles. The molecule has 22 heteroatoms. The Kier molecular flexibility index (Phi) is 14.0. The molecule has 0 fully saturated rings. The van der Waals surface area contributed by atoms with E-state index in [1.165, 1.54) is 42.5 Å². The van der Waals surface area contributed by atoms with Gasteiger partial charge in [0.2, 0.25) is 0 Å². The summed E-state index contributed by atoms with van der Waals surface area (Å²) in [6, 6.07) is 22.5. The number of benzene rings is 5. The second-order valence-electron chi connectivity index (χ2n) is 10.7. The topological polar surface area (TPSA) is 299 Å². The number of aromatic nitrogens is 2. The smallest absolute Gasteiger partial charge is 0.871 e. The molecule has 0 unspecified atom stereocenters. The molecule has 6 aromatic rings. The molecule has 0 bridgehead atoms. The Bertz CT molecular complexity index is 2600. The van der Waals surface area contributed by atoms with Crippen molar-refractivity contribution < 1.29 is 85.1 Å². The van der Waals surface area contributed by atoms with Gasteiger partial charge >= 0.3 is 39.6 Å². The van der Waals surface area contributed by atoms with Gasteiger partial charge in [-0.05, 0) is 48.7 Å². The van der Waals surface area contributed by atoms with Crippen molar-refractivity contribution in [2.75, 3.05) is 0 Å². The Labute approximate surface area is 336 Å². The van der Waals surface area contributed by atoms with Crippen LogP contribution >= 0.6 is 0 Å². The molecule has 1 aromatic heterocycles. The number of nitro groups is 2. The first-order valence-corrected chi connectivity index (χ1v) is 16.3. The van der Waals surface area contributed by atoms with E-state index < -0.39 is 31.2 Å².